The Bertz CT molecular complexity index is 6770. The third kappa shape index (κ3) is 18.1. The first-order chi connectivity index (χ1) is 62.8. The molecular weight excluding hydrogens is 1480 g/mol. The highest BCUT2D eigenvalue weighted by Crippen LogP contribution is 2.49. The van der Waals surface area contributed by atoms with Crippen molar-refractivity contribution >= 4 is 64.9 Å². The Balaban J connectivity index is 0.000000137. The quantitative estimate of drug-likeness (QED) is 0.122. The maximum atomic E-state index is 9.09. The molecule has 4 saturated carbocycles. The number of aromatic nitrogens is 5. The molecule has 4 fully saturated rings. The fourth-order valence-electron chi connectivity index (χ4n) is 21.0. The second kappa shape index (κ2) is 34.9. The van der Waals surface area contributed by atoms with E-state index in [0.29, 0.717) is 75.1 Å². The standard InChI is InChI=1S/C35H41N2.C29H38N.C27H34N.C26H32N/c1-22(2)37-32-11-9-8-10-29(32)31-18-23(3)30(21-33(31)37)34-28-13-12-26(20-27(28)19-24(4)36(34)7)25-14-16-35(5,6)17-15-25;1-19(2)25-16-20(3)21(4)27(18-25)28-26-9-8-23(17-24(26)12-15-30(28)7)22-10-13-29(5,6)14-11-22;1-18-15-19(2)20(3)25(16-18)26-24-8-7-22(17-23(24)11-14-28(26)6)21-9-12-27(4,5)13-10-21;1-18-7-6-8-23(19(18)2)25-24-10-9-21(17-22(24)13-16-27(25)5)20-11-14-26(3,4)15-12-20/h8-13,18-22,25H,14-17H2,1-7H3;8-9,12,15-19,22H,10-11,13-14H2,1-7H3;7-8,11,14-17,21H,9-10,12-13H2,1-6H3;6-10,13,16-17,20H,11-12,14-15H2,1-5H3/q4*+1/i19D;1D3,12D,15D,19D;11D,14D;6D,13D,16D. The van der Waals surface area contributed by atoms with Gasteiger partial charge in [-0.05, 0) is 372 Å². The van der Waals surface area contributed by atoms with Gasteiger partial charge in [-0.1, -0.05) is 166 Å². The zero-order chi connectivity index (χ0) is 97.3. The van der Waals surface area contributed by atoms with Crippen LogP contribution in [0.25, 0.3) is 110 Å². The molecule has 5 aromatic heterocycles. The molecular formula is C117H145N5+4. The zero-order valence-corrected chi connectivity index (χ0v) is 78.3. The van der Waals surface area contributed by atoms with E-state index < -0.39 is 12.7 Å². The molecule has 5 heterocycles. The molecule has 0 saturated heterocycles. The van der Waals surface area contributed by atoms with E-state index >= 15 is 0 Å². The van der Waals surface area contributed by atoms with Crippen LogP contribution in [-0.2, 0) is 28.2 Å². The average molecular weight is 1630 g/mol. The molecule has 0 radical (unpaired) electrons. The Hall–Kier alpha value is -9.58. The predicted octanol–water partition coefficient (Wildman–Crippen LogP) is 30.6. The van der Waals surface area contributed by atoms with Gasteiger partial charge in [-0.15, -0.1) is 0 Å². The van der Waals surface area contributed by atoms with Crippen LogP contribution in [0.3, 0.4) is 0 Å². The molecule has 122 heavy (non-hydrogen) atoms. The number of benzene rings is 9. The number of hydrogen-bond acceptors (Lipinski definition) is 0. The minimum atomic E-state index is -2.48. The second-order valence-corrected chi connectivity index (χ2v) is 41.2. The number of hydrogen-bond donors (Lipinski definition) is 0. The molecule has 634 valence electrons. The SMILES string of the molecule is [2H]c1c(C)[n+](C)c(-c2cc3c(cc2C)c2ccccc2n3C(C)C)c2ccc(C3CCC(C)(C)CC3)cc12.[2H]c1c([2H])[n+](C)c(-c2cc(C([2H])(C)C([2H])([2H])[2H])cc(C)c2C)c2ccc(C3CCC(C)(C)CC3)cc12.[2H]c1c([2H])[n+](C)c(-c2cc(C)cc(C)c2C)c2ccc(C3CCC(C)(C)CC3)cc12.[2H]c1cc(C)c(C)c(-c2c3ccc(C4CCC(C)(C)CC4)cc3c([2H])c([2H])[n+]2C)c1. The highest BCUT2D eigenvalue weighted by molar-refractivity contribution is 6.10. The summed E-state index contributed by atoms with van der Waals surface area (Å²) in [4.78, 5) is 0. The number of fused-ring (bicyclic) bond motifs is 7. The molecule has 1 atom stereocenters. The molecule has 0 amide bonds. The third-order valence-electron chi connectivity index (χ3n) is 29.7. The Morgan fingerprint density at radius 3 is 1.20 bits per heavy atom. The summed E-state index contributed by atoms with van der Waals surface area (Å²) in [5.41, 5.74) is 28.3. The minimum Gasteiger partial charge on any atom is -0.338 e. The van der Waals surface area contributed by atoms with Crippen LogP contribution in [0, 0.1) is 84.0 Å². The van der Waals surface area contributed by atoms with Crippen molar-refractivity contribution in [2.45, 2.75) is 284 Å². The summed E-state index contributed by atoms with van der Waals surface area (Å²) in [7, 11) is 7.69. The third-order valence-corrected chi connectivity index (χ3v) is 29.7. The Morgan fingerprint density at radius 2 is 0.762 bits per heavy atom. The van der Waals surface area contributed by atoms with Crippen molar-refractivity contribution in [2.75, 3.05) is 0 Å². The largest absolute Gasteiger partial charge is 0.338 e. The monoisotopic (exact) mass is 1630 g/mol. The smallest absolute Gasteiger partial charge is 0.220 e. The van der Waals surface area contributed by atoms with Crippen molar-refractivity contribution in [3.8, 4) is 45.0 Å². The predicted molar refractivity (Wildman–Crippen MR) is 522 cm³/mol. The van der Waals surface area contributed by atoms with Gasteiger partial charge in [0, 0.05) is 64.5 Å². The van der Waals surface area contributed by atoms with Gasteiger partial charge in [0.1, 0.15) is 32.3 Å². The van der Waals surface area contributed by atoms with E-state index in [9.17, 15) is 0 Å². The Labute approximate surface area is 751 Å². The minimum absolute atomic E-state index is 0.117. The number of pyridine rings is 4. The molecule has 5 heteroatoms. The summed E-state index contributed by atoms with van der Waals surface area (Å²) in [6.45, 7) is 41.2. The van der Waals surface area contributed by atoms with Gasteiger partial charge in [0.05, 0.1) is 50.6 Å². The van der Waals surface area contributed by atoms with Crippen LogP contribution in [0.1, 0.15) is 316 Å². The fraction of sp³-hybridized carbons (Fsp3) is 0.436. The molecule has 0 N–H and O–H groups in total. The van der Waals surface area contributed by atoms with Crippen molar-refractivity contribution in [1.82, 2.24) is 4.57 Å². The Morgan fingerprint density at radius 1 is 0.369 bits per heavy atom. The van der Waals surface area contributed by atoms with E-state index in [4.69, 9.17) is 16.4 Å². The summed E-state index contributed by atoms with van der Waals surface area (Å²) in [5.74, 6) is 0.397. The number of nitrogens with zero attached hydrogens (tertiary/aromatic N) is 5. The maximum Gasteiger partial charge on any atom is 0.220 e. The summed E-state index contributed by atoms with van der Waals surface area (Å²) >= 11 is 0. The van der Waals surface area contributed by atoms with Crippen molar-refractivity contribution in [3.05, 3.63) is 272 Å². The van der Waals surface area contributed by atoms with Crippen molar-refractivity contribution in [3.63, 3.8) is 0 Å². The van der Waals surface area contributed by atoms with Crippen LogP contribution in [0.2, 0.25) is 0 Å². The lowest BCUT2D eigenvalue weighted by Crippen LogP contribution is -2.35. The highest BCUT2D eigenvalue weighted by atomic mass is 15.0. The first-order valence-corrected chi connectivity index (χ1v) is 45.8. The van der Waals surface area contributed by atoms with Gasteiger partial charge in [-0.3, -0.25) is 0 Å². The second-order valence-electron chi connectivity index (χ2n) is 41.2. The maximum absolute atomic E-state index is 9.09. The van der Waals surface area contributed by atoms with E-state index in [1.165, 1.54) is 185 Å². The number of rotatable bonds is 10. The Kier molecular flexibility index (Phi) is 20.8. The molecule has 0 bridgehead atoms. The molecule has 1 unspecified atom stereocenters. The van der Waals surface area contributed by atoms with Crippen molar-refractivity contribution in [2.24, 2.45) is 49.9 Å². The normalized spacial score (nSPS) is 19.0. The first kappa shape index (κ1) is 72.8. The topological polar surface area (TPSA) is 20.4 Å². The summed E-state index contributed by atoms with van der Waals surface area (Å²) < 4.78 is 112. The summed E-state index contributed by atoms with van der Waals surface area (Å²) in [6, 6.07) is 54.2. The van der Waals surface area contributed by atoms with E-state index in [1.54, 1.807) is 28.3 Å². The number of aryl methyl sites for hydroxylation is 5. The van der Waals surface area contributed by atoms with Crippen molar-refractivity contribution in [1.29, 1.82) is 0 Å². The zero-order valence-electron chi connectivity index (χ0n) is 90.3. The van der Waals surface area contributed by atoms with Gasteiger partial charge < -0.3 is 4.57 Å². The highest BCUT2D eigenvalue weighted by Gasteiger charge is 2.34. The lowest BCUT2D eigenvalue weighted by Gasteiger charge is -2.34. The summed E-state index contributed by atoms with van der Waals surface area (Å²) in [6.07, 6.45) is 20.0. The molecule has 14 aromatic rings. The van der Waals surface area contributed by atoms with Gasteiger partial charge in [-0.25, -0.2) is 13.7 Å². The molecule has 9 aromatic carbocycles. The van der Waals surface area contributed by atoms with E-state index in [-0.39, 0.29) is 30.6 Å². The molecule has 0 spiro atoms. The first-order valence-electron chi connectivity index (χ1n) is 51.8. The van der Waals surface area contributed by atoms with Crippen molar-refractivity contribution < 1.29 is 34.7 Å². The van der Waals surface area contributed by atoms with E-state index in [2.05, 4.69) is 248 Å². The van der Waals surface area contributed by atoms with Crippen LogP contribution in [0.4, 0.5) is 0 Å². The van der Waals surface area contributed by atoms with Crippen LogP contribution in [0.15, 0.2) is 194 Å². The molecule has 18 rings (SSSR count). The lowest BCUT2D eigenvalue weighted by atomic mass is 9.71. The van der Waals surface area contributed by atoms with Gasteiger partial charge in [0.2, 0.25) is 22.8 Å². The van der Waals surface area contributed by atoms with E-state index in [0.717, 1.165) is 107 Å². The molecule has 5 nitrogen and oxygen atoms in total. The molecule has 4 aliphatic rings. The van der Waals surface area contributed by atoms with Gasteiger partial charge in [-0.2, -0.15) is 4.57 Å². The fourth-order valence-corrected chi connectivity index (χ4v) is 21.0. The summed E-state index contributed by atoms with van der Waals surface area (Å²) in [5, 5.41) is 10.4. The van der Waals surface area contributed by atoms with Gasteiger partial charge in [0.25, 0.3) is 0 Å². The van der Waals surface area contributed by atoms with E-state index in [1.807, 2.05) is 51.6 Å². The van der Waals surface area contributed by atoms with Gasteiger partial charge >= 0.3 is 0 Å². The van der Waals surface area contributed by atoms with Crippen LogP contribution in [-0.4, -0.2) is 4.57 Å². The molecule has 4 aliphatic carbocycles. The average Bonchev–Trinajstić information content (AvgIpc) is 1.54. The van der Waals surface area contributed by atoms with Crippen LogP contribution >= 0.6 is 0 Å². The number of para-hydroxylation sites is 1. The van der Waals surface area contributed by atoms with Crippen LogP contribution < -0.4 is 18.3 Å². The van der Waals surface area contributed by atoms with Crippen LogP contribution in [0.5, 0.6) is 0 Å². The lowest BCUT2D eigenvalue weighted by molar-refractivity contribution is -0.665. The van der Waals surface area contributed by atoms with Gasteiger partial charge in [0.15, 0.2) is 24.2 Å². The molecule has 0 aliphatic heterocycles.